The van der Waals surface area contributed by atoms with Crippen LogP contribution in [0.3, 0.4) is 0 Å². The van der Waals surface area contributed by atoms with E-state index in [0.29, 0.717) is 12.6 Å². The van der Waals surface area contributed by atoms with Crippen molar-refractivity contribution in [1.82, 2.24) is 5.32 Å². The molecule has 4 heteroatoms. The van der Waals surface area contributed by atoms with Crippen molar-refractivity contribution in [1.29, 1.82) is 0 Å². The van der Waals surface area contributed by atoms with Crippen LogP contribution in [0.4, 0.5) is 0 Å². The minimum absolute atomic E-state index is 0.0656. The summed E-state index contributed by atoms with van der Waals surface area (Å²) in [4.78, 5) is 15.2. The molecule has 3 rings (SSSR count). The molecule has 1 fully saturated rings. The van der Waals surface area contributed by atoms with Gasteiger partial charge in [-0.25, -0.2) is 0 Å². The lowest BCUT2D eigenvalue weighted by Gasteiger charge is -2.21. The molecule has 0 spiro atoms. The fourth-order valence-corrected chi connectivity index (χ4v) is 4.20. The van der Waals surface area contributed by atoms with Crippen LogP contribution in [-0.2, 0) is 4.79 Å². The van der Waals surface area contributed by atoms with Crippen LogP contribution in [0.5, 0.6) is 0 Å². The molecule has 116 valence electrons. The first-order valence-corrected chi connectivity index (χ1v) is 8.84. The fraction of sp³-hybridized carbons (Fsp3) is 0.389. The van der Waals surface area contributed by atoms with Gasteiger partial charge in [-0.2, -0.15) is 0 Å². The van der Waals surface area contributed by atoms with Crippen molar-refractivity contribution < 1.29 is 9.69 Å². The second-order valence-electron chi connectivity index (χ2n) is 6.00. The highest BCUT2D eigenvalue weighted by Crippen LogP contribution is 2.23. The molecule has 3 atom stereocenters. The number of likely N-dealkylation sites (tertiary alicyclic amines) is 1. The molecule has 1 amide bonds. The zero-order valence-corrected chi connectivity index (χ0v) is 13.7. The molecule has 0 saturated carbocycles. The van der Waals surface area contributed by atoms with E-state index in [0.717, 1.165) is 12.1 Å². The van der Waals surface area contributed by atoms with Gasteiger partial charge in [0.15, 0.2) is 6.54 Å². The first-order valence-electron chi connectivity index (χ1n) is 7.96. The normalized spacial score (nSPS) is 22.4. The number of rotatable bonds is 5. The predicted octanol–water partition coefficient (Wildman–Crippen LogP) is 2.35. The van der Waals surface area contributed by atoms with Crippen LogP contribution in [0.15, 0.2) is 47.8 Å². The Balaban J connectivity index is 1.57. The highest BCUT2D eigenvalue weighted by Gasteiger charge is 2.32. The fourth-order valence-electron chi connectivity index (χ4n) is 3.28. The summed E-state index contributed by atoms with van der Waals surface area (Å²) in [5.41, 5.74) is 1.15. The average molecular weight is 315 g/mol. The summed E-state index contributed by atoms with van der Waals surface area (Å²) < 4.78 is 0. The summed E-state index contributed by atoms with van der Waals surface area (Å²) in [6, 6.07) is 15.0. The van der Waals surface area contributed by atoms with Crippen molar-refractivity contribution in [2.45, 2.75) is 31.8 Å². The maximum atomic E-state index is 12.4. The second kappa shape index (κ2) is 7.07. The van der Waals surface area contributed by atoms with Gasteiger partial charge >= 0.3 is 0 Å². The smallest absolute Gasteiger partial charge is 0.275 e. The van der Waals surface area contributed by atoms with E-state index in [2.05, 4.69) is 35.0 Å². The van der Waals surface area contributed by atoms with E-state index in [1.54, 1.807) is 0 Å². The van der Waals surface area contributed by atoms with Crippen molar-refractivity contribution in [3.05, 3.63) is 58.3 Å². The Morgan fingerprint density at radius 2 is 2.14 bits per heavy atom. The minimum Gasteiger partial charge on any atom is -0.345 e. The van der Waals surface area contributed by atoms with Gasteiger partial charge in [0.1, 0.15) is 6.04 Å². The third-order valence-electron chi connectivity index (χ3n) is 4.43. The monoisotopic (exact) mass is 315 g/mol. The third kappa shape index (κ3) is 3.57. The Labute approximate surface area is 136 Å². The number of hydrogen-bond donors (Lipinski definition) is 2. The van der Waals surface area contributed by atoms with Gasteiger partial charge in [-0.15, -0.1) is 11.3 Å². The molecule has 1 aromatic carbocycles. The Morgan fingerprint density at radius 1 is 1.32 bits per heavy atom. The second-order valence-corrected chi connectivity index (χ2v) is 6.97. The Bertz CT molecular complexity index is 597. The summed E-state index contributed by atoms with van der Waals surface area (Å²) in [5.74, 6) is 0.148. The number of hydrogen-bond acceptors (Lipinski definition) is 2. The van der Waals surface area contributed by atoms with Crippen LogP contribution in [0.1, 0.15) is 42.3 Å². The highest BCUT2D eigenvalue weighted by molar-refractivity contribution is 7.10. The minimum atomic E-state index is 0.0656. The lowest BCUT2D eigenvalue weighted by atomic mass is 10.1. The highest BCUT2D eigenvalue weighted by atomic mass is 32.1. The molecular formula is C18H23N2OS+. The van der Waals surface area contributed by atoms with Crippen molar-refractivity contribution in [2.24, 2.45) is 0 Å². The molecule has 1 aliphatic rings. The topological polar surface area (TPSA) is 33.5 Å². The lowest BCUT2D eigenvalue weighted by Crippen LogP contribution is -3.11. The Kier molecular flexibility index (Phi) is 4.90. The van der Waals surface area contributed by atoms with E-state index in [1.807, 2.05) is 36.5 Å². The third-order valence-corrected chi connectivity index (χ3v) is 5.42. The predicted molar refractivity (Wildman–Crippen MR) is 90.0 cm³/mol. The number of amides is 1. The SMILES string of the molecule is C[C@@H](NC(=O)C[NH+]1CCC[C@@H]1c1cccs1)c1ccccc1. The van der Waals surface area contributed by atoms with E-state index in [9.17, 15) is 4.79 Å². The molecular weight excluding hydrogens is 292 g/mol. The Hall–Kier alpha value is -1.65. The van der Waals surface area contributed by atoms with E-state index in [-0.39, 0.29) is 11.9 Å². The van der Waals surface area contributed by atoms with Gasteiger partial charge in [-0.3, -0.25) is 4.79 Å². The molecule has 0 aliphatic carbocycles. The summed E-state index contributed by atoms with van der Waals surface area (Å²) >= 11 is 1.81. The molecule has 2 N–H and O–H groups in total. The lowest BCUT2D eigenvalue weighted by molar-refractivity contribution is -0.910. The van der Waals surface area contributed by atoms with E-state index in [4.69, 9.17) is 0 Å². The summed E-state index contributed by atoms with van der Waals surface area (Å²) in [5, 5.41) is 5.26. The molecule has 1 aliphatic heterocycles. The van der Waals surface area contributed by atoms with Crippen LogP contribution in [0, 0.1) is 0 Å². The largest absolute Gasteiger partial charge is 0.345 e. The van der Waals surface area contributed by atoms with Crippen LogP contribution in [0.25, 0.3) is 0 Å². The van der Waals surface area contributed by atoms with E-state index in [1.165, 1.54) is 22.6 Å². The molecule has 0 radical (unpaired) electrons. The van der Waals surface area contributed by atoms with Gasteiger partial charge in [0.25, 0.3) is 5.91 Å². The first kappa shape index (κ1) is 15.3. The molecule has 0 bridgehead atoms. The number of thiophene rings is 1. The zero-order chi connectivity index (χ0) is 15.4. The maximum absolute atomic E-state index is 12.4. The van der Waals surface area contributed by atoms with Crippen molar-refractivity contribution in [3.8, 4) is 0 Å². The zero-order valence-electron chi connectivity index (χ0n) is 12.9. The van der Waals surface area contributed by atoms with Crippen LogP contribution in [0.2, 0.25) is 0 Å². The molecule has 2 heterocycles. The molecule has 3 nitrogen and oxygen atoms in total. The van der Waals surface area contributed by atoms with Crippen molar-refractivity contribution in [3.63, 3.8) is 0 Å². The maximum Gasteiger partial charge on any atom is 0.275 e. The van der Waals surface area contributed by atoms with Crippen molar-refractivity contribution in [2.75, 3.05) is 13.1 Å². The first-order chi connectivity index (χ1) is 10.7. The molecule has 1 saturated heterocycles. The van der Waals surface area contributed by atoms with E-state index >= 15 is 0 Å². The van der Waals surface area contributed by atoms with Gasteiger partial charge in [0, 0.05) is 12.8 Å². The van der Waals surface area contributed by atoms with Crippen molar-refractivity contribution >= 4 is 17.2 Å². The van der Waals surface area contributed by atoms with Crippen LogP contribution >= 0.6 is 11.3 Å². The molecule has 1 unspecified atom stereocenters. The molecule has 1 aromatic heterocycles. The number of carbonyl (C=O) groups excluding carboxylic acids is 1. The van der Waals surface area contributed by atoms with Gasteiger partial charge in [0.05, 0.1) is 17.5 Å². The van der Waals surface area contributed by atoms with Crippen LogP contribution < -0.4 is 10.2 Å². The Morgan fingerprint density at radius 3 is 2.86 bits per heavy atom. The van der Waals surface area contributed by atoms with E-state index < -0.39 is 0 Å². The molecule has 2 aromatic rings. The standard InChI is InChI=1S/C18H22N2OS/c1-14(15-7-3-2-4-8-15)19-18(21)13-20-11-5-9-16(20)17-10-6-12-22-17/h2-4,6-8,10,12,14,16H,5,9,11,13H2,1H3,(H,19,21)/p+1/t14-,16-/m1/s1. The van der Waals surface area contributed by atoms with Crippen LogP contribution in [-0.4, -0.2) is 19.0 Å². The van der Waals surface area contributed by atoms with Gasteiger partial charge in [-0.1, -0.05) is 36.4 Å². The summed E-state index contributed by atoms with van der Waals surface area (Å²) in [7, 11) is 0. The van der Waals surface area contributed by atoms with Gasteiger partial charge in [-0.05, 0) is 23.9 Å². The van der Waals surface area contributed by atoms with Gasteiger partial charge < -0.3 is 10.2 Å². The average Bonchev–Trinajstić information content (AvgIpc) is 3.18. The number of benzene rings is 1. The summed E-state index contributed by atoms with van der Waals surface area (Å²) in [6.45, 7) is 3.71. The number of quaternary nitrogens is 1. The summed E-state index contributed by atoms with van der Waals surface area (Å²) in [6.07, 6.45) is 2.40. The number of nitrogens with one attached hydrogen (secondary N) is 2. The quantitative estimate of drug-likeness (QED) is 0.872. The number of carbonyl (C=O) groups is 1. The van der Waals surface area contributed by atoms with Gasteiger partial charge in [0.2, 0.25) is 0 Å². The molecule has 22 heavy (non-hydrogen) atoms.